The van der Waals surface area contributed by atoms with E-state index in [1.807, 2.05) is 54.7 Å². The van der Waals surface area contributed by atoms with Crippen molar-refractivity contribution in [3.8, 4) is 27.8 Å². The summed E-state index contributed by atoms with van der Waals surface area (Å²) in [6, 6.07) is 17.9. The minimum atomic E-state index is -0.598. The molecule has 0 spiro atoms. The Morgan fingerprint density at radius 3 is 2.36 bits per heavy atom. The molecule has 0 saturated heterocycles. The molecule has 39 heavy (non-hydrogen) atoms. The lowest BCUT2D eigenvalue weighted by Gasteiger charge is -2.14. The SMILES string of the molecule is COc1ccc(CCNC[C@H](O)COc2ccc(Cc3ncc(-c4cccs4)[nH]3)cc2)cc1OC.Cl.Cl.O.O. The first kappa shape index (κ1) is 36.2. The Balaban J connectivity index is 0.00000361. The molecule has 9 nitrogen and oxygen atoms in total. The molecule has 4 aromatic rings. The highest BCUT2D eigenvalue weighted by Crippen LogP contribution is 2.27. The van der Waals surface area contributed by atoms with Crippen LogP contribution in [0, 0.1) is 0 Å². The number of rotatable bonds is 13. The standard InChI is InChI=1S/C27H31N3O4S.2ClH.2H2O/c1-32-24-10-7-20(14-25(24)33-2)11-12-28-16-21(31)18-34-22-8-5-19(6-9-22)15-27-29-17-23(30-27)26-4-3-13-35-26;;;;/h3-10,13-14,17,21,28,31H,11-12,15-16,18H2,1-2H3,(H,29,30);2*1H;2*1H2/t21-;;;;/m0..../s1. The molecule has 0 aliphatic carbocycles. The molecule has 2 aromatic heterocycles. The predicted octanol–water partition coefficient (Wildman–Crippen LogP) is 3.51. The average molecular weight is 603 g/mol. The number of thiophene rings is 1. The second kappa shape index (κ2) is 18.5. The first-order valence-electron chi connectivity index (χ1n) is 11.5. The quantitative estimate of drug-likeness (QED) is 0.199. The number of H-pyrrole nitrogens is 1. The Labute approximate surface area is 245 Å². The van der Waals surface area contributed by atoms with Crippen molar-refractivity contribution < 1.29 is 30.3 Å². The van der Waals surface area contributed by atoms with Crippen molar-refractivity contribution in [1.29, 1.82) is 0 Å². The van der Waals surface area contributed by atoms with Gasteiger partial charge in [-0.05, 0) is 59.8 Å². The third-order valence-corrected chi connectivity index (χ3v) is 6.47. The number of hydrogen-bond acceptors (Lipinski definition) is 7. The summed E-state index contributed by atoms with van der Waals surface area (Å²) < 4.78 is 16.4. The lowest BCUT2D eigenvalue weighted by molar-refractivity contribution is 0.106. The summed E-state index contributed by atoms with van der Waals surface area (Å²) in [4.78, 5) is 9.05. The molecular weight excluding hydrogens is 565 g/mol. The van der Waals surface area contributed by atoms with Gasteiger partial charge in [0.25, 0.3) is 0 Å². The van der Waals surface area contributed by atoms with Crippen molar-refractivity contribution in [2.24, 2.45) is 0 Å². The van der Waals surface area contributed by atoms with Crippen LogP contribution < -0.4 is 19.5 Å². The number of benzene rings is 2. The lowest BCUT2D eigenvalue weighted by atomic mass is 10.1. The Morgan fingerprint density at radius 1 is 0.974 bits per heavy atom. The number of methoxy groups -OCH3 is 2. The van der Waals surface area contributed by atoms with E-state index in [0.717, 1.165) is 53.5 Å². The number of nitrogens with one attached hydrogen (secondary N) is 2. The smallest absolute Gasteiger partial charge is 0.160 e. The van der Waals surface area contributed by atoms with E-state index >= 15 is 0 Å². The molecule has 0 aliphatic rings. The normalized spacial score (nSPS) is 10.6. The monoisotopic (exact) mass is 601 g/mol. The summed E-state index contributed by atoms with van der Waals surface area (Å²) in [5.41, 5.74) is 3.32. The van der Waals surface area contributed by atoms with Gasteiger partial charge in [0.15, 0.2) is 11.5 Å². The van der Waals surface area contributed by atoms with Crippen LogP contribution >= 0.6 is 36.2 Å². The van der Waals surface area contributed by atoms with Crippen LogP contribution in [-0.2, 0) is 12.8 Å². The van der Waals surface area contributed by atoms with E-state index in [1.165, 1.54) is 4.88 Å². The molecule has 0 unspecified atom stereocenters. The molecular formula is C27H37Cl2N3O6S. The number of aliphatic hydroxyl groups excluding tert-OH is 1. The third-order valence-electron chi connectivity index (χ3n) is 5.57. The van der Waals surface area contributed by atoms with Crippen LogP contribution in [0.1, 0.15) is 17.0 Å². The zero-order chi connectivity index (χ0) is 24.5. The summed E-state index contributed by atoms with van der Waals surface area (Å²) in [6.45, 7) is 1.42. The molecule has 0 aliphatic heterocycles. The minimum Gasteiger partial charge on any atom is -0.493 e. The van der Waals surface area contributed by atoms with E-state index in [2.05, 4.69) is 26.7 Å². The van der Waals surface area contributed by atoms with Gasteiger partial charge in [-0.3, -0.25) is 0 Å². The van der Waals surface area contributed by atoms with Crippen LogP contribution in [0.5, 0.6) is 17.2 Å². The van der Waals surface area contributed by atoms with Gasteiger partial charge in [0.05, 0.1) is 31.0 Å². The van der Waals surface area contributed by atoms with Crippen molar-refractivity contribution in [2.45, 2.75) is 18.9 Å². The van der Waals surface area contributed by atoms with Gasteiger partial charge in [-0.1, -0.05) is 24.3 Å². The van der Waals surface area contributed by atoms with E-state index in [4.69, 9.17) is 14.2 Å². The van der Waals surface area contributed by atoms with E-state index in [1.54, 1.807) is 25.6 Å². The largest absolute Gasteiger partial charge is 0.493 e. The fourth-order valence-electron chi connectivity index (χ4n) is 3.70. The van der Waals surface area contributed by atoms with Crippen molar-refractivity contribution in [2.75, 3.05) is 33.9 Å². The van der Waals surface area contributed by atoms with E-state index in [-0.39, 0.29) is 42.4 Å². The van der Waals surface area contributed by atoms with E-state index in [9.17, 15) is 5.11 Å². The molecule has 0 amide bonds. The molecule has 0 saturated carbocycles. The summed E-state index contributed by atoms with van der Waals surface area (Å²) in [5.74, 6) is 3.10. The summed E-state index contributed by atoms with van der Waals surface area (Å²) in [7, 11) is 3.25. The number of nitrogens with zero attached hydrogens (tertiary/aromatic N) is 1. The highest BCUT2D eigenvalue weighted by molar-refractivity contribution is 7.13. The number of imidazole rings is 1. The summed E-state index contributed by atoms with van der Waals surface area (Å²) in [5, 5.41) is 15.6. The van der Waals surface area contributed by atoms with Crippen molar-refractivity contribution in [3.63, 3.8) is 0 Å². The van der Waals surface area contributed by atoms with Crippen molar-refractivity contribution in [3.05, 3.63) is 83.1 Å². The van der Waals surface area contributed by atoms with Crippen LogP contribution in [0.4, 0.5) is 0 Å². The predicted molar refractivity (Wildman–Crippen MR) is 160 cm³/mol. The van der Waals surface area contributed by atoms with Gasteiger partial charge in [-0.2, -0.15) is 0 Å². The van der Waals surface area contributed by atoms with Gasteiger partial charge < -0.3 is 40.6 Å². The average Bonchev–Trinajstić information content (AvgIpc) is 3.58. The van der Waals surface area contributed by atoms with Crippen LogP contribution in [0.3, 0.4) is 0 Å². The molecule has 2 aromatic carbocycles. The van der Waals surface area contributed by atoms with Gasteiger partial charge in [0.2, 0.25) is 0 Å². The lowest BCUT2D eigenvalue weighted by Crippen LogP contribution is -2.32. The van der Waals surface area contributed by atoms with Gasteiger partial charge in [-0.25, -0.2) is 4.98 Å². The van der Waals surface area contributed by atoms with Crippen LogP contribution in [0.25, 0.3) is 10.6 Å². The number of aromatic amines is 1. The summed E-state index contributed by atoms with van der Waals surface area (Å²) in [6.07, 6.45) is 2.82. The second-order valence-corrected chi connectivity index (χ2v) is 9.10. The third kappa shape index (κ3) is 10.7. The maximum Gasteiger partial charge on any atom is 0.160 e. The number of halogens is 2. The minimum absolute atomic E-state index is 0. The van der Waals surface area contributed by atoms with Crippen molar-refractivity contribution in [1.82, 2.24) is 15.3 Å². The van der Waals surface area contributed by atoms with E-state index in [0.29, 0.717) is 12.3 Å². The molecule has 216 valence electrons. The first-order chi connectivity index (χ1) is 17.1. The van der Waals surface area contributed by atoms with Gasteiger partial charge in [0.1, 0.15) is 24.3 Å². The molecule has 4 rings (SSSR count). The molecule has 0 bridgehead atoms. The molecule has 12 heteroatoms. The maximum absolute atomic E-state index is 10.3. The Bertz CT molecular complexity index is 1190. The van der Waals surface area contributed by atoms with Crippen LogP contribution in [0.2, 0.25) is 0 Å². The molecule has 0 radical (unpaired) electrons. The Kier molecular flexibility index (Phi) is 17.1. The number of aliphatic hydroxyl groups is 1. The summed E-state index contributed by atoms with van der Waals surface area (Å²) >= 11 is 1.69. The molecule has 1 atom stereocenters. The highest BCUT2D eigenvalue weighted by Gasteiger charge is 2.08. The van der Waals surface area contributed by atoms with Crippen molar-refractivity contribution >= 4 is 36.2 Å². The number of ether oxygens (including phenoxy) is 3. The molecule has 7 N–H and O–H groups in total. The highest BCUT2D eigenvalue weighted by atomic mass is 35.5. The van der Waals surface area contributed by atoms with Crippen LogP contribution in [0.15, 0.2) is 66.2 Å². The van der Waals surface area contributed by atoms with E-state index < -0.39 is 6.10 Å². The van der Waals surface area contributed by atoms with Gasteiger partial charge in [0, 0.05) is 13.0 Å². The fourth-order valence-corrected chi connectivity index (χ4v) is 4.39. The number of hydrogen-bond donors (Lipinski definition) is 3. The second-order valence-electron chi connectivity index (χ2n) is 8.15. The fraction of sp³-hybridized carbons (Fsp3) is 0.296. The zero-order valence-electron chi connectivity index (χ0n) is 21.8. The zero-order valence-corrected chi connectivity index (χ0v) is 24.3. The number of aromatic nitrogens is 2. The Hall–Kier alpha value is -2.83. The Morgan fingerprint density at radius 2 is 1.69 bits per heavy atom. The molecule has 0 fully saturated rings. The van der Waals surface area contributed by atoms with Crippen LogP contribution in [-0.4, -0.2) is 66.0 Å². The van der Waals surface area contributed by atoms with Gasteiger partial charge in [-0.15, -0.1) is 36.2 Å². The first-order valence-corrected chi connectivity index (χ1v) is 12.4. The molecule has 2 heterocycles. The van der Waals surface area contributed by atoms with Gasteiger partial charge >= 0.3 is 0 Å². The maximum atomic E-state index is 10.3. The topological polar surface area (TPSA) is 152 Å².